The number of urea groups is 1. The van der Waals surface area contributed by atoms with E-state index in [1.54, 1.807) is 0 Å². The highest BCUT2D eigenvalue weighted by Crippen LogP contribution is 2.23. The van der Waals surface area contributed by atoms with Crippen LogP contribution in [0.1, 0.15) is 12.5 Å². The first-order valence-corrected chi connectivity index (χ1v) is 7.35. The molecule has 2 N–H and O–H groups in total. The highest BCUT2D eigenvalue weighted by molar-refractivity contribution is 8.20. The fraction of sp³-hybridized carbons (Fsp3) is 0.214. The molecule has 118 valence electrons. The molecule has 0 radical (unpaired) electrons. The van der Waals surface area contributed by atoms with Crippen LogP contribution in [0.25, 0.3) is 0 Å². The fourth-order valence-electron chi connectivity index (χ4n) is 1.36. The van der Waals surface area contributed by atoms with Gasteiger partial charge in [0.1, 0.15) is 10.7 Å². The number of nitrogens with zero attached hydrogens (tertiary/aromatic N) is 1. The van der Waals surface area contributed by atoms with Crippen molar-refractivity contribution in [1.82, 2.24) is 5.32 Å². The molecule has 0 aliphatic carbocycles. The molecule has 22 heavy (non-hydrogen) atoms. The highest BCUT2D eigenvalue weighted by atomic mass is 35.5. The number of halogens is 1. The van der Waals surface area contributed by atoms with E-state index in [4.69, 9.17) is 11.6 Å². The zero-order valence-corrected chi connectivity index (χ0v) is 13.6. The predicted molar refractivity (Wildman–Crippen MR) is 86.9 cm³/mol. The Hall–Kier alpha value is -1.99. The summed E-state index contributed by atoms with van der Waals surface area (Å²) in [7, 11) is 1.17. The zero-order valence-electron chi connectivity index (χ0n) is 12.0. The number of carbonyl (C=O) groups is 2. The van der Waals surface area contributed by atoms with E-state index in [2.05, 4.69) is 15.0 Å². The van der Waals surface area contributed by atoms with Crippen LogP contribution >= 0.6 is 23.4 Å². The first kappa shape index (κ1) is 18.1. The Morgan fingerprint density at radius 2 is 2.00 bits per heavy atom. The van der Waals surface area contributed by atoms with Crippen LogP contribution in [0, 0.1) is 0 Å². The van der Waals surface area contributed by atoms with Crippen LogP contribution in [-0.2, 0) is 16.1 Å². The molecule has 0 atom stereocenters. The lowest BCUT2D eigenvalue weighted by Gasteiger charge is -2.05. The SMILES string of the molecule is COC(=O)/C(S/C(Cl)=N/C(=O)NCc1ccccc1)=C(\C)O. The molecule has 0 aromatic heterocycles. The minimum Gasteiger partial charge on any atom is -0.511 e. The van der Waals surface area contributed by atoms with E-state index in [9.17, 15) is 14.7 Å². The highest BCUT2D eigenvalue weighted by Gasteiger charge is 2.17. The number of rotatable bonds is 4. The number of aliphatic hydroxyl groups is 1. The van der Waals surface area contributed by atoms with Crippen LogP contribution in [0.15, 0.2) is 46.0 Å². The molecule has 1 aromatic carbocycles. The average Bonchev–Trinajstić information content (AvgIpc) is 2.50. The maximum Gasteiger partial charge on any atom is 0.348 e. The van der Waals surface area contributed by atoms with Gasteiger partial charge in [0.15, 0.2) is 4.50 Å². The lowest BCUT2D eigenvalue weighted by Crippen LogP contribution is -2.19. The number of thioether (sulfide) groups is 1. The summed E-state index contributed by atoms with van der Waals surface area (Å²) in [6, 6.07) is 8.63. The molecule has 0 saturated carbocycles. The van der Waals surface area contributed by atoms with E-state index in [0.717, 1.165) is 5.56 Å². The molecule has 0 aliphatic rings. The second-order valence-electron chi connectivity index (χ2n) is 4.02. The number of ether oxygens (including phenoxy) is 1. The number of allylic oxidation sites excluding steroid dienone is 1. The van der Waals surface area contributed by atoms with Crippen molar-refractivity contribution in [3.05, 3.63) is 46.6 Å². The number of carbonyl (C=O) groups excluding carboxylic acids is 2. The van der Waals surface area contributed by atoms with Gasteiger partial charge >= 0.3 is 12.0 Å². The number of hydrogen-bond donors (Lipinski definition) is 2. The Bertz CT molecular complexity index is 598. The van der Waals surface area contributed by atoms with Crippen molar-refractivity contribution in [2.24, 2.45) is 4.99 Å². The Morgan fingerprint density at radius 3 is 2.55 bits per heavy atom. The molecular formula is C14H15ClN2O4S. The van der Waals surface area contributed by atoms with Crippen LogP contribution in [-0.4, -0.2) is 28.7 Å². The fourth-order valence-corrected chi connectivity index (χ4v) is 2.28. The van der Waals surface area contributed by atoms with Gasteiger partial charge in [-0.1, -0.05) is 41.9 Å². The predicted octanol–water partition coefficient (Wildman–Crippen LogP) is 3.19. The monoisotopic (exact) mass is 342 g/mol. The number of nitrogens with one attached hydrogen (secondary N) is 1. The second-order valence-corrected chi connectivity index (χ2v) is 5.60. The molecule has 0 aliphatic heterocycles. The summed E-state index contributed by atoms with van der Waals surface area (Å²) in [6.07, 6.45) is 0. The molecule has 0 bridgehead atoms. The van der Waals surface area contributed by atoms with E-state index in [1.807, 2.05) is 30.3 Å². The van der Waals surface area contributed by atoms with Gasteiger partial charge in [0.25, 0.3) is 0 Å². The third-order valence-electron chi connectivity index (χ3n) is 2.36. The Kier molecular flexibility index (Phi) is 7.48. The molecule has 0 saturated heterocycles. The van der Waals surface area contributed by atoms with Crippen molar-refractivity contribution in [1.29, 1.82) is 0 Å². The third-order valence-corrected chi connectivity index (χ3v) is 3.60. The molecule has 1 aromatic rings. The maximum atomic E-state index is 11.6. The van der Waals surface area contributed by atoms with Crippen LogP contribution in [0.5, 0.6) is 0 Å². The number of hydrogen-bond acceptors (Lipinski definition) is 5. The van der Waals surface area contributed by atoms with Crippen molar-refractivity contribution >= 4 is 39.9 Å². The summed E-state index contributed by atoms with van der Waals surface area (Å²) in [4.78, 5) is 26.5. The van der Waals surface area contributed by atoms with Gasteiger partial charge in [-0.3, -0.25) is 0 Å². The second kappa shape index (κ2) is 9.11. The Balaban J connectivity index is 2.62. The zero-order chi connectivity index (χ0) is 16.5. The quantitative estimate of drug-likeness (QED) is 0.288. The van der Waals surface area contributed by atoms with Gasteiger partial charge in [0, 0.05) is 6.54 Å². The van der Waals surface area contributed by atoms with Crippen LogP contribution in [0.2, 0.25) is 0 Å². The van der Waals surface area contributed by atoms with Crippen molar-refractivity contribution in [3.63, 3.8) is 0 Å². The summed E-state index contributed by atoms with van der Waals surface area (Å²) in [5, 5.41) is 11.9. The van der Waals surface area contributed by atoms with Crippen LogP contribution < -0.4 is 5.32 Å². The van der Waals surface area contributed by atoms with E-state index in [-0.39, 0.29) is 15.2 Å². The number of amides is 2. The van der Waals surface area contributed by atoms with Gasteiger partial charge < -0.3 is 15.2 Å². The van der Waals surface area contributed by atoms with Crippen molar-refractivity contribution < 1.29 is 19.4 Å². The van der Waals surface area contributed by atoms with Crippen LogP contribution in [0.4, 0.5) is 4.79 Å². The first-order chi connectivity index (χ1) is 10.4. The average molecular weight is 343 g/mol. The number of benzene rings is 1. The first-order valence-electron chi connectivity index (χ1n) is 6.16. The minimum atomic E-state index is -0.761. The number of aliphatic hydroxyl groups excluding tert-OH is 1. The molecule has 6 nitrogen and oxygen atoms in total. The molecule has 0 fully saturated rings. The summed E-state index contributed by atoms with van der Waals surface area (Å²) >= 11 is 6.44. The van der Waals surface area contributed by atoms with Crippen molar-refractivity contribution in [2.45, 2.75) is 13.5 Å². The third kappa shape index (κ3) is 6.19. The normalized spacial score (nSPS) is 12.4. The van der Waals surface area contributed by atoms with Gasteiger partial charge in [-0.05, 0) is 24.2 Å². The van der Waals surface area contributed by atoms with Gasteiger partial charge in [-0.25, -0.2) is 9.59 Å². The maximum absolute atomic E-state index is 11.6. The smallest absolute Gasteiger partial charge is 0.348 e. The van der Waals surface area contributed by atoms with Crippen molar-refractivity contribution in [3.8, 4) is 0 Å². The molecule has 0 spiro atoms. The lowest BCUT2D eigenvalue weighted by molar-refractivity contribution is -0.135. The van der Waals surface area contributed by atoms with Gasteiger partial charge in [-0.2, -0.15) is 4.99 Å². The van der Waals surface area contributed by atoms with Gasteiger partial charge in [0.2, 0.25) is 0 Å². The van der Waals surface area contributed by atoms with Crippen molar-refractivity contribution in [2.75, 3.05) is 7.11 Å². The summed E-state index contributed by atoms with van der Waals surface area (Å²) in [5.74, 6) is -1.03. The summed E-state index contributed by atoms with van der Waals surface area (Å²) in [5.41, 5.74) is 0.913. The van der Waals surface area contributed by atoms with E-state index in [1.165, 1.54) is 14.0 Å². The molecular weight excluding hydrogens is 328 g/mol. The molecule has 0 unspecified atom stereocenters. The molecule has 8 heteroatoms. The summed E-state index contributed by atoms with van der Waals surface area (Å²) in [6.45, 7) is 1.61. The number of aliphatic imine (C=N–C) groups is 1. The largest absolute Gasteiger partial charge is 0.511 e. The topological polar surface area (TPSA) is 88.0 Å². The van der Waals surface area contributed by atoms with Crippen LogP contribution in [0.3, 0.4) is 0 Å². The molecule has 1 rings (SSSR count). The number of methoxy groups -OCH3 is 1. The Labute approximate surface area is 137 Å². The standard InChI is InChI=1S/C14H15ClN2O4S/c1-9(18)11(12(19)21-2)22-13(15)17-14(20)16-8-10-6-4-3-5-7-10/h3-7,18H,8H2,1-2H3,(H,16,20)/b11-9-,17-13+. The van der Waals surface area contributed by atoms with E-state index >= 15 is 0 Å². The van der Waals surface area contributed by atoms with E-state index < -0.39 is 12.0 Å². The van der Waals surface area contributed by atoms with Gasteiger partial charge in [-0.15, -0.1) is 0 Å². The Morgan fingerprint density at radius 1 is 1.36 bits per heavy atom. The number of esters is 1. The summed E-state index contributed by atoms with van der Waals surface area (Å²) < 4.78 is 4.28. The minimum absolute atomic E-state index is 0.132. The van der Waals surface area contributed by atoms with E-state index in [0.29, 0.717) is 18.3 Å². The van der Waals surface area contributed by atoms with Gasteiger partial charge in [0.05, 0.1) is 7.11 Å². The molecule has 2 amide bonds. The molecule has 0 heterocycles. The lowest BCUT2D eigenvalue weighted by atomic mass is 10.2.